The highest BCUT2D eigenvalue weighted by Gasteiger charge is 2.81. The molecule has 1 aliphatic rings. The van der Waals surface area contributed by atoms with Gasteiger partial charge >= 0.3 is 36.2 Å². The largest absolute Gasteiger partial charge is 0.452 e. The van der Waals surface area contributed by atoms with Crippen LogP contribution in [0.2, 0.25) is 0 Å². The Bertz CT molecular complexity index is 620. The molecule has 0 aromatic rings. The third-order valence-corrected chi connectivity index (χ3v) is 3.63. The fraction of sp³-hybridized carbons (Fsp3) is 0.750. The Labute approximate surface area is 142 Å². The van der Waals surface area contributed by atoms with Crippen LogP contribution in [0.25, 0.3) is 0 Å². The van der Waals surface area contributed by atoms with E-state index in [2.05, 4.69) is 16.1 Å². The van der Waals surface area contributed by atoms with Crippen molar-refractivity contribution < 1.29 is 67.7 Å². The molecule has 0 aromatic heterocycles. The lowest BCUT2D eigenvalue weighted by Gasteiger charge is -2.50. The van der Waals surface area contributed by atoms with Crippen molar-refractivity contribution >= 4 is 5.97 Å². The summed E-state index contributed by atoms with van der Waals surface area (Å²) in [7, 11) is 0. The predicted molar refractivity (Wildman–Crippen MR) is 61.2 cm³/mol. The quantitative estimate of drug-likeness (QED) is 0.416. The molecule has 0 radical (unpaired) electrons. The Balaban J connectivity index is 3.44. The summed E-state index contributed by atoms with van der Waals surface area (Å²) in [4.78, 5) is 11.2. The van der Waals surface area contributed by atoms with Gasteiger partial charge in [-0.05, 0) is 6.92 Å². The first-order valence-corrected chi connectivity index (χ1v) is 6.51. The number of carbonyl (C=O) groups is 1. The van der Waals surface area contributed by atoms with Gasteiger partial charge in [-0.2, -0.15) is 48.3 Å². The van der Waals surface area contributed by atoms with Gasteiger partial charge in [0.05, 0.1) is 0 Å². The molecule has 3 atom stereocenters. The van der Waals surface area contributed by atoms with E-state index in [1.807, 2.05) is 0 Å². The highest BCUT2D eigenvalue weighted by atomic mass is 19.4. The van der Waals surface area contributed by atoms with Crippen molar-refractivity contribution in [3.63, 3.8) is 0 Å². The van der Waals surface area contributed by atoms with Gasteiger partial charge in [-0.1, -0.05) is 6.58 Å². The van der Waals surface area contributed by atoms with Crippen LogP contribution >= 0.6 is 0 Å². The highest BCUT2D eigenvalue weighted by Crippen LogP contribution is 2.56. The fourth-order valence-electron chi connectivity index (χ4n) is 1.99. The van der Waals surface area contributed by atoms with Gasteiger partial charge in [-0.25, -0.2) is 4.79 Å². The Hall–Kier alpha value is -1.64. The van der Waals surface area contributed by atoms with E-state index < -0.39 is 59.9 Å². The number of halogens is 11. The van der Waals surface area contributed by atoms with E-state index in [4.69, 9.17) is 0 Å². The van der Waals surface area contributed by atoms with Crippen LogP contribution in [-0.2, 0) is 14.3 Å². The molecular weight excluding hydrogens is 417 g/mol. The molecule has 0 saturated carbocycles. The summed E-state index contributed by atoms with van der Waals surface area (Å²) in [6, 6.07) is 0. The number of hydrogen-bond donors (Lipinski definition) is 1. The van der Waals surface area contributed by atoms with Crippen LogP contribution in [0.3, 0.4) is 0 Å². The predicted octanol–water partition coefficient (Wildman–Crippen LogP) is 3.64. The van der Waals surface area contributed by atoms with Crippen LogP contribution in [-0.4, -0.2) is 53.0 Å². The van der Waals surface area contributed by atoms with Gasteiger partial charge in [0.25, 0.3) is 0 Å². The Morgan fingerprint density at radius 1 is 1.07 bits per heavy atom. The van der Waals surface area contributed by atoms with Crippen LogP contribution < -0.4 is 0 Å². The maximum Gasteiger partial charge on any atom is 0.449 e. The number of alkyl halides is 11. The number of esters is 1. The van der Waals surface area contributed by atoms with E-state index in [1.165, 1.54) is 0 Å². The number of rotatable bonds is 2. The lowest BCUT2D eigenvalue weighted by molar-refractivity contribution is -0.501. The minimum atomic E-state index is -6.55. The van der Waals surface area contributed by atoms with Gasteiger partial charge < -0.3 is 14.6 Å². The molecule has 1 saturated heterocycles. The average molecular weight is 426 g/mol. The zero-order valence-electron chi connectivity index (χ0n) is 12.8. The average Bonchev–Trinajstić information content (AvgIpc) is 2.40. The summed E-state index contributed by atoms with van der Waals surface area (Å²) in [5, 5.41) is 9.18. The highest BCUT2D eigenvalue weighted by molar-refractivity contribution is 5.89. The van der Waals surface area contributed by atoms with Crippen LogP contribution in [0.15, 0.2) is 12.2 Å². The smallest absolute Gasteiger partial charge is 0.449 e. The second-order valence-corrected chi connectivity index (χ2v) is 5.67. The molecule has 27 heavy (non-hydrogen) atoms. The molecular formula is C12H9F11O4. The topological polar surface area (TPSA) is 55.8 Å². The standard InChI is InChI=1S/C12H9F11O4/c1-4(9(15,16)17)6(24)26-5-3-7(2,11(18,19)20)27-10(25,8(5,13)14)12(21,22)23/h5,25H,1,3H2,2H3. The van der Waals surface area contributed by atoms with Crippen molar-refractivity contribution in [2.45, 2.75) is 55.3 Å². The summed E-state index contributed by atoms with van der Waals surface area (Å²) in [5.74, 6) is -14.4. The van der Waals surface area contributed by atoms with Crippen molar-refractivity contribution in [1.29, 1.82) is 0 Å². The van der Waals surface area contributed by atoms with E-state index in [9.17, 15) is 58.2 Å². The Kier molecular flexibility index (Phi) is 5.36. The number of hydrogen-bond acceptors (Lipinski definition) is 4. The van der Waals surface area contributed by atoms with Gasteiger partial charge in [-0.15, -0.1) is 0 Å². The molecule has 0 spiro atoms. The van der Waals surface area contributed by atoms with E-state index in [-0.39, 0.29) is 6.92 Å². The Morgan fingerprint density at radius 2 is 1.52 bits per heavy atom. The SMILES string of the molecule is C=C(C(=O)OC1CC(C)(C(F)(F)F)OC(O)(C(F)(F)F)C1(F)F)C(F)(F)F. The molecule has 0 aliphatic carbocycles. The zero-order valence-corrected chi connectivity index (χ0v) is 12.8. The van der Waals surface area contributed by atoms with Gasteiger partial charge in [0.15, 0.2) is 11.7 Å². The van der Waals surface area contributed by atoms with Crippen molar-refractivity contribution in [2.75, 3.05) is 0 Å². The number of carbonyl (C=O) groups excluding carboxylic acids is 1. The molecule has 0 amide bonds. The monoisotopic (exact) mass is 426 g/mol. The van der Waals surface area contributed by atoms with E-state index >= 15 is 0 Å². The van der Waals surface area contributed by atoms with Gasteiger partial charge in [-0.3, -0.25) is 0 Å². The first-order valence-electron chi connectivity index (χ1n) is 6.51. The van der Waals surface area contributed by atoms with Gasteiger partial charge in [0.2, 0.25) is 0 Å². The van der Waals surface area contributed by atoms with Crippen molar-refractivity contribution in [3.05, 3.63) is 12.2 Å². The third-order valence-electron chi connectivity index (χ3n) is 3.63. The lowest BCUT2D eigenvalue weighted by atomic mass is 9.85. The first kappa shape index (κ1) is 23.4. The van der Waals surface area contributed by atoms with E-state index in [1.54, 1.807) is 0 Å². The third kappa shape index (κ3) is 3.83. The summed E-state index contributed by atoms with van der Waals surface area (Å²) in [5.41, 5.74) is -6.61. The summed E-state index contributed by atoms with van der Waals surface area (Å²) in [6.07, 6.45) is -23.9. The van der Waals surface area contributed by atoms with Crippen LogP contribution in [0.1, 0.15) is 13.3 Å². The molecule has 1 aliphatic heterocycles. The Morgan fingerprint density at radius 3 is 1.85 bits per heavy atom. The van der Waals surface area contributed by atoms with Crippen LogP contribution in [0, 0.1) is 0 Å². The first-order chi connectivity index (χ1) is 11.6. The summed E-state index contributed by atoms with van der Waals surface area (Å²) in [6.45, 7) is 1.94. The van der Waals surface area contributed by atoms with Crippen LogP contribution in [0.4, 0.5) is 48.3 Å². The maximum absolute atomic E-state index is 14.0. The maximum atomic E-state index is 14.0. The molecule has 1 heterocycles. The molecule has 0 aromatic carbocycles. The molecule has 1 N–H and O–H groups in total. The number of ether oxygens (including phenoxy) is 2. The van der Waals surface area contributed by atoms with E-state index in [0.717, 1.165) is 0 Å². The second-order valence-electron chi connectivity index (χ2n) is 5.67. The van der Waals surface area contributed by atoms with Crippen molar-refractivity contribution in [1.82, 2.24) is 0 Å². The molecule has 4 nitrogen and oxygen atoms in total. The minimum absolute atomic E-state index is 0.182. The van der Waals surface area contributed by atoms with E-state index in [0.29, 0.717) is 0 Å². The van der Waals surface area contributed by atoms with Crippen molar-refractivity contribution in [3.8, 4) is 0 Å². The van der Waals surface area contributed by atoms with Gasteiger partial charge in [0.1, 0.15) is 5.57 Å². The number of aliphatic hydroxyl groups is 1. The zero-order chi connectivity index (χ0) is 21.9. The van der Waals surface area contributed by atoms with Crippen molar-refractivity contribution in [2.24, 2.45) is 0 Å². The fourth-order valence-corrected chi connectivity index (χ4v) is 1.99. The molecule has 15 heteroatoms. The second kappa shape index (κ2) is 6.18. The molecule has 1 rings (SSSR count). The molecule has 0 bridgehead atoms. The molecule has 1 fully saturated rings. The molecule has 158 valence electrons. The normalized spacial score (nSPS) is 32.1. The molecule has 3 unspecified atom stereocenters. The minimum Gasteiger partial charge on any atom is -0.452 e. The van der Waals surface area contributed by atoms with Crippen LogP contribution in [0.5, 0.6) is 0 Å². The van der Waals surface area contributed by atoms with Gasteiger partial charge in [0, 0.05) is 6.42 Å². The summed E-state index contributed by atoms with van der Waals surface area (Å²) < 4.78 is 149. The summed E-state index contributed by atoms with van der Waals surface area (Å²) >= 11 is 0. The lowest BCUT2D eigenvalue weighted by Crippen LogP contribution is -2.74.